The third-order valence-corrected chi connectivity index (χ3v) is 5.84. The molecule has 0 bridgehead atoms. The number of hydrogen-bond donors (Lipinski definition) is 6. The Morgan fingerprint density at radius 3 is 2.40 bits per heavy atom. The van der Waals surface area contributed by atoms with Crippen LogP contribution in [0.1, 0.15) is 25.7 Å². The number of rotatable bonds is 15. The normalized spacial score (nSPS) is 13.5. The minimum atomic E-state index is -1.24. The molecule has 0 heterocycles. The SMILES string of the molecule is CS(=O)CCCCNC(=S)SCC(NC(=O)CCC(N)C(=O)O)C(=O)NCC(=O)O. The number of amides is 2. The summed E-state index contributed by atoms with van der Waals surface area (Å²) < 4.78 is 11.4. The van der Waals surface area contributed by atoms with Gasteiger partial charge in [0.1, 0.15) is 22.9 Å². The number of hydrogen-bond acceptors (Lipinski definition) is 8. The molecule has 0 spiro atoms. The van der Waals surface area contributed by atoms with Gasteiger partial charge in [-0.1, -0.05) is 24.0 Å². The second-order valence-corrected chi connectivity index (χ2v) is 9.48. The summed E-state index contributed by atoms with van der Waals surface area (Å²) in [6.45, 7) is -0.0421. The van der Waals surface area contributed by atoms with E-state index in [1.54, 1.807) is 6.26 Å². The van der Waals surface area contributed by atoms with Gasteiger partial charge in [0.15, 0.2) is 0 Å². The lowest BCUT2D eigenvalue weighted by Crippen LogP contribution is -2.49. The summed E-state index contributed by atoms with van der Waals surface area (Å²) in [5.74, 6) is -3.12. The molecular weight excluding hydrogens is 456 g/mol. The fourth-order valence-electron chi connectivity index (χ4n) is 1.98. The molecule has 11 nitrogen and oxygen atoms in total. The molecule has 0 aromatic rings. The number of unbranched alkanes of at least 4 members (excludes halogenated alkanes) is 1. The van der Waals surface area contributed by atoms with Crippen LogP contribution in [0.5, 0.6) is 0 Å². The van der Waals surface area contributed by atoms with Crippen LogP contribution in [0, 0.1) is 0 Å². The summed E-state index contributed by atoms with van der Waals surface area (Å²) in [6, 6.07) is -2.27. The van der Waals surface area contributed by atoms with E-state index in [1.165, 1.54) is 0 Å². The van der Waals surface area contributed by atoms with Gasteiger partial charge in [-0.05, 0) is 19.3 Å². The first-order chi connectivity index (χ1) is 14.0. The van der Waals surface area contributed by atoms with Crippen LogP contribution in [0.25, 0.3) is 0 Å². The zero-order valence-electron chi connectivity index (χ0n) is 16.5. The Balaban J connectivity index is 4.58. The molecule has 3 atom stereocenters. The van der Waals surface area contributed by atoms with Crippen molar-refractivity contribution in [1.29, 1.82) is 0 Å². The summed E-state index contributed by atoms with van der Waals surface area (Å²) in [7, 11) is -0.846. The molecule has 0 aliphatic carbocycles. The highest BCUT2D eigenvalue weighted by Gasteiger charge is 2.23. The van der Waals surface area contributed by atoms with Crippen LogP contribution in [-0.4, -0.2) is 85.4 Å². The van der Waals surface area contributed by atoms with Crippen molar-refractivity contribution in [2.24, 2.45) is 5.73 Å². The number of thiocarbonyl (C=S) groups is 1. The second-order valence-electron chi connectivity index (χ2n) is 6.22. The highest BCUT2D eigenvalue weighted by molar-refractivity contribution is 8.23. The third kappa shape index (κ3) is 15.1. The van der Waals surface area contributed by atoms with Crippen molar-refractivity contribution < 1.29 is 33.6 Å². The quantitative estimate of drug-likeness (QED) is 0.119. The lowest BCUT2D eigenvalue weighted by Gasteiger charge is -2.18. The first kappa shape index (κ1) is 28.2. The third-order valence-electron chi connectivity index (χ3n) is 3.57. The Bertz CT molecular complexity index is 648. The highest BCUT2D eigenvalue weighted by Crippen LogP contribution is 2.07. The summed E-state index contributed by atoms with van der Waals surface area (Å²) in [5.41, 5.74) is 5.35. The van der Waals surface area contributed by atoms with E-state index in [9.17, 15) is 23.4 Å². The number of thioether (sulfide) groups is 1. The van der Waals surface area contributed by atoms with Gasteiger partial charge in [0.2, 0.25) is 11.8 Å². The molecule has 0 aromatic carbocycles. The van der Waals surface area contributed by atoms with Crippen molar-refractivity contribution in [3.8, 4) is 0 Å². The molecule has 14 heteroatoms. The maximum absolute atomic E-state index is 12.2. The first-order valence-electron chi connectivity index (χ1n) is 9.00. The van der Waals surface area contributed by atoms with Gasteiger partial charge >= 0.3 is 11.9 Å². The topological polar surface area (TPSA) is 188 Å². The van der Waals surface area contributed by atoms with Crippen molar-refractivity contribution in [3.05, 3.63) is 0 Å². The highest BCUT2D eigenvalue weighted by atomic mass is 32.2. The maximum Gasteiger partial charge on any atom is 0.322 e. The molecule has 0 rings (SSSR count). The van der Waals surface area contributed by atoms with Gasteiger partial charge in [0.05, 0.1) is 0 Å². The zero-order chi connectivity index (χ0) is 23.1. The van der Waals surface area contributed by atoms with E-state index in [4.69, 9.17) is 28.2 Å². The molecule has 0 saturated carbocycles. The molecule has 0 fully saturated rings. The standard InChI is InChI=1S/C16H28N4O7S3/c1-30(27)7-3-2-6-18-16(28)29-9-11(14(24)19-8-13(22)23)20-12(21)5-4-10(17)15(25)26/h10-11H,2-9,17H2,1H3,(H,18,28)(H,19,24)(H,20,21)(H,22,23)(H,25,26). The van der Waals surface area contributed by atoms with Crippen molar-refractivity contribution in [1.82, 2.24) is 16.0 Å². The lowest BCUT2D eigenvalue weighted by atomic mass is 10.1. The van der Waals surface area contributed by atoms with Crippen molar-refractivity contribution in [2.45, 2.75) is 37.8 Å². The molecule has 0 aliphatic heterocycles. The number of carbonyl (C=O) groups excluding carboxylic acids is 2. The average molecular weight is 485 g/mol. The smallest absolute Gasteiger partial charge is 0.322 e. The van der Waals surface area contributed by atoms with E-state index >= 15 is 0 Å². The molecular formula is C16H28N4O7S3. The number of carboxylic acid groups (broad SMARTS) is 2. The van der Waals surface area contributed by atoms with E-state index in [2.05, 4.69) is 16.0 Å². The van der Waals surface area contributed by atoms with Gasteiger partial charge in [-0.3, -0.25) is 23.4 Å². The van der Waals surface area contributed by atoms with Crippen LogP contribution in [0.2, 0.25) is 0 Å². The van der Waals surface area contributed by atoms with Gasteiger partial charge in [-0.2, -0.15) is 0 Å². The van der Waals surface area contributed by atoms with Gasteiger partial charge < -0.3 is 31.9 Å². The lowest BCUT2D eigenvalue weighted by molar-refractivity contribution is -0.139. The van der Waals surface area contributed by atoms with Gasteiger partial charge in [0, 0.05) is 41.5 Å². The number of carboxylic acids is 2. The fourth-order valence-corrected chi connectivity index (χ4v) is 3.65. The molecule has 0 aromatic heterocycles. The molecule has 172 valence electrons. The van der Waals surface area contributed by atoms with Crippen LogP contribution < -0.4 is 21.7 Å². The van der Waals surface area contributed by atoms with E-state index in [0.717, 1.165) is 24.6 Å². The Kier molecular flexibility index (Phi) is 15.0. The summed E-state index contributed by atoms with van der Waals surface area (Å²) in [6.07, 6.45) is 2.86. The Morgan fingerprint density at radius 1 is 1.17 bits per heavy atom. The van der Waals surface area contributed by atoms with Crippen LogP contribution in [-0.2, 0) is 30.0 Å². The number of aliphatic carboxylic acids is 2. The van der Waals surface area contributed by atoms with E-state index in [-0.39, 0.29) is 18.6 Å². The Hall–Kier alpha value is -1.77. The van der Waals surface area contributed by atoms with Crippen molar-refractivity contribution in [2.75, 3.05) is 30.9 Å². The van der Waals surface area contributed by atoms with Gasteiger partial charge in [0.25, 0.3) is 0 Å². The zero-order valence-corrected chi connectivity index (χ0v) is 19.0. The molecule has 30 heavy (non-hydrogen) atoms. The van der Waals surface area contributed by atoms with Crippen molar-refractivity contribution in [3.63, 3.8) is 0 Å². The molecule has 2 amide bonds. The van der Waals surface area contributed by atoms with Crippen LogP contribution in [0.15, 0.2) is 0 Å². The summed E-state index contributed by atoms with van der Waals surface area (Å²) >= 11 is 6.27. The minimum absolute atomic E-state index is 0.0486. The number of carbonyl (C=O) groups is 4. The molecule has 3 unspecified atom stereocenters. The Labute approximate surface area is 186 Å². The molecule has 0 aliphatic rings. The first-order valence-corrected chi connectivity index (χ1v) is 12.1. The summed E-state index contributed by atoms with van der Waals surface area (Å²) in [5, 5.41) is 25.1. The fraction of sp³-hybridized carbons (Fsp3) is 0.688. The molecule has 7 N–H and O–H groups in total. The van der Waals surface area contributed by atoms with E-state index < -0.39 is 53.2 Å². The molecule has 0 saturated heterocycles. The van der Waals surface area contributed by atoms with Gasteiger partial charge in [-0.25, -0.2) is 0 Å². The predicted octanol–water partition coefficient (Wildman–Crippen LogP) is -1.37. The van der Waals surface area contributed by atoms with Gasteiger partial charge in [-0.15, -0.1) is 0 Å². The van der Waals surface area contributed by atoms with Crippen LogP contribution in [0.3, 0.4) is 0 Å². The second kappa shape index (κ2) is 16.0. The largest absolute Gasteiger partial charge is 0.480 e. The average Bonchev–Trinajstić information content (AvgIpc) is 2.66. The predicted molar refractivity (Wildman–Crippen MR) is 119 cm³/mol. The number of nitrogens with two attached hydrogens (primary N) is 1. The van der Waals surface area contributed by atoms with E-state index in [0.29, 0.717) is 16.6 Å². The summed E-state index contributed by atoms with van der Waals surface area (Å²) in [4.78, 5) is 45.6. The minimum Gasteiger partial charge on any atom is -0.480 e. The monoisotopic (exact) mass is 484 g/mol. The van der Waals surface area contributed by atoms with Crippen molar-refractivity contribution >= 4 is 62.9 Å². The van der Waals surface area contributed by atoms with Crippen LogP contribution >= 0.6 is 24.0 Å². The maximum atomic E-state index is 12.2. The Morgan fingerprint density at radius 2 is 1.83 bits per heavy atom. The number of nitrogens with one attached hydrogen (secondary N) is 3. The molecule has 0 radical (unpaired) electrons. The van der Waals surface area contributed by atoms with E-state index in [1.807, 2.05) is 0 Å². The van der Waals surface area contributed by atoms with Crippen LogP contribution in [0.4, 0.5) is 0 Å².